The molecule has 1 amide bonds. The standard InChI is InChI=1S/C22H26N6O2/c1-4-28-11-17(15(2)25-28)21(29)27-13-22(14-27)10-18(26(3)12-22)20-24-23-19(30-20)16-8-6-5-7-9-16/h5-9,11,18H,4,10,12-14H2,1-3H3. The van der Waals surface area contributed by atoms with Crippen LogP contribution in [-0.4, -0.2) is 62.4 Å². The molecule has 4 heterocycles. The van der Waals surface area contributed by atoms with Crippen molar-refractivity contribution in [2.75, 3.05) is 26.7 Å². The largest absolute Gasteiger partial charge is 0.419 e. The van der Waals surface area contributed by atoms with Gasteiger partial charge in [0.25, 0.3) is 5.91 Å². The van der Waals surface area contributed by atoms with Gasteiger partial charge in [0.2, 0.25) is 11.8 Å². The maximum atomic E-state index is 12.9. The second-order valence-corrected chi connectivity index (χ2v) is 8.59. The van der Waals surface area contributed by atoms with Crippen LogP contribution < -0.4 is 0 Å². The number of amides is 1. The van der Waals surface area contributed by atoms with Crippen LogP contribution in [-0.2, 0) is 6.54 Å². The highest BCUT2D eigenvalue weighted by molar-refractivity contribution is 5.95. The zero-order chi connectivity index (χ0) is 20.9. The average molecular weight is 406 g/mol. The van der Waals surface area contributed by atoms with E-state index in [2.05, 4.69) is 27.2 Å². The molecule has 0 radical (unpaired) electrons. The summed E-state index contributed by atoms with van der Waals surface area (Å²) in [5, 5.41) is 13.0. The lowest BCUT2D eigenvalue weighted by Crippen LogP contribution is -2.59. The van der Waals surface area contributed by atoms with Crippen molar-refractivity contribution in [2.24, 2.45) is 5.41 Å². The lowest BCUT2D eigenvalue weighted by Gasteiger charge is -2.48. The normalized spacial score (nSPS) is 20.6. The summed E-state index contributed by atoms with van der Waals surface area (Å²) in [6.45, 7) is 7.10. The Bertz CT molecular complexity index is 1070. The molecule has 2 aliphatic rings. The lowest BCUT2D eigenvalue weighted by molar-refractivity contribution is 0.0114. The molecule has 0 N–H and O–H groups in total. The van der Waals surface area contributed by atoms with E-state index in [9.17, 15) is 4.79 Å². The van der Waals surface area contributed by atoms with Gasteiger partial charge in [0.1, 0.15) is 0 Å². The molecule has 8 heteroatoms. The third kappa shape index (κ3) is 3.11. The number of aryl methyl sites for hydroxylation is 2. The molecule has 1 atom stereocenters. The quantitative estimate of drug-likeness (QED) is 0.663. The van der Waals surface area contributed by atoms with E-state index in [4.69, 9.17) is 4.42 Å². The molecule has 0 saturated carbocycles. The van der Waals surface area contributed by atoms with Gasteiger partial charge in [0.15, 0.2) is 0 Å². The summed E-state index contributed by atoms with van der Waals surface area (Å²) in [5.74, 6) is 1.28. The third-order valence-corrected chi connectivity index (χ3v) is 6.33. The first-order valence-electron chi connectivity index (χ1n) is 10.4. The molecule has 1 spiro atoms. The van der Waals surface area contributed by atoms with E-state index in [0.717, 1.165) is 43.9 Å². The minimum atomic E-state index is 0.0769. The van der Waals surface area contributed by atoms with Crippen LogP contribution in [0.15, 0.2) is 40.9 Å². The predicted octanol–water partition coefficient (Wildman–Crippen LogP) is 2.78. The lowest BCUT2D eigenvalue weighted by atomic mass is 9.77. The van der Waals surface area contributed by atoms with E-state index in [1.54, 1.807) is 0 Å². The zero-order valence-electron chi connectivity index (χ0n) is 17.6. The second-order valence-electron chi connectivity index (χ2n) is 8.59. The Kier molecular flexibility index (Phi) is 4.47. The first kappa shape index (κ1) is 19.0. The average Bonchev–Trinajstić information content (AvgIpc) is 3.43. The van der Waals surface area contributed by atoms with Crippen LogP contribution in [0.1, 0.15) is 41.3 Å². The summed E-state index contributed by atoms with van der Waals surface area (Å²) < 4.78 is 7.82. The van der Waals surface area contributed by atoms with Gasteiger partial charge in [0, 0.05) is 43.4 Å². The molecule has 1 aromatic carbocycles. The van der Waals surface area contributed by atoms with Crippen molar-refractivity contribution in [1.82, 2.24) is 29.8 Å². The van der Waals surface area contributed by atoms with Gasteiger partial charge >= 0.3 is 0 Å². The van der Waals surface area contributed by atoms with Gasteiger partial charge in [-0.2, -0.15) is 5.10 Å². The zero-order valence-corrected chi connectivity index (χ0v) is 17.6. The van der Waals surface area contributed by atoms with Crippen molar-refractivity contribution in [3.05, 3.63) is 53.7 Å². The molecule has 30 heavy (non-hydrogen) atoms. The SMILES string of the molecule is CCn1cc(C(=O)N2CC3(CC(c4nnc(-c5ccccc5)o4)N(C)C3)C2)c(C)n1. The highest BCUT2D eigenvalue weighted by Crippen LogP contribution is 2.48. The van der Waals surface area contributed by atoms with Crippen LogP contribution in [0, 0.1) is 12.3 Å². The van der Waals surface area contributed by atoms with Gasteiger partial charge in [-0.25, -0.2) is 0 Å². The summed E-state index contributed by atoms with van der Waals surface area (Å²) in [4.78, 5) is 17.1. The molecule has 2 saturated heterocycles. The van der Waals surface area contributed by atoms with Gasteiger partial charge in [0.05, 0.1) is 17.3 Å². The molecule has 0 aliphatic carbocycles. The van der Waals surface area contributed by atoms with E-state index in [1.165, 1.54) is 0 Å². The van der Waals surface area contributed by atoms with Crippen LogP contribution in [0.25, 0.3) is 11.5 Å². The van der Waals surface area contributed by atoms with Crippen LogP contribution in [0.3, 0.4) is 0 Å². The predicted molar refractivity (Wildman–Crippen MR) is 111 cm³/mol. The van der Waals surface area contributed by atoms with Gasteiger partial charge < -0.3 is 9.32 Å². The van der Waals surface area contributed by atoms with Gasteiger partial charge in [-0.15, -0.1) is 10.2 Å². The van der Waals surface area contributed by atoms with Crippen LogP contribution in [0.4, 0.5) is 0 Å². The van der Waals surface area contributed by atoms with Crippen molar-refractivity contribution in [2.45, 2.75) is 32.9 Å². The topological polar surface area (TPSA) is 80.3 Å². The fourth-order valence-corrected chi connectivity index (χ4v) is 4.81. The molecular formula is C22H26N6O2. The molecule has 2 fully saturated rings. The number of hydrogen-bond acceptors (Lipinski definition) is 6. The van der Waals surface area contributed by atoms with E-state index < -0.39 is 0 Å². The molecule has 0 bridgehead atoms. The van der Waals surface area contributed by atoms with Crippen molar-refractivity contribution >= 4 is 5.91 Å². The number of hydrogen-bond donors (Lipinski definition) is 0. The Labute approximate surface area is 175 Å². The van der Waals surface area contributed by atoms with Crippen LogP contribution in [0.2, 0.25) is 0 Å². The van der Waals surface area contributed by atoms with Gasteiger partial charge in [-0.3, -0.25) is 14.4 Å². The highest BCUT2D eigenvalue weighted by Gasteiger charge is 2.53. The fraction of sp³-hybridized carbons (Fsp3) is 0.455. The van der Waals surface area contributed by atoms with E-state index in [-0.39, 0.29) is 17.4 Å². The fourth-order valence-electron chi connectivity index (χ4n) is 4.81. The minimum absolute atomic E-state index is 0.0769. The highest BCUT2D eigenvalue weighted by atomic mass is 16.4. The summed E-state index contributed by atoms with van der Waals surface area (Å²) >= 11 is 0. The maximum absolute atomic E-state index is 12.9. The molecular weight excluding hydrogens is 380 g/mol. The Morgan fingerprint density at radius 2 is 1.97 bits per heavy atom. The summed E-state index contributed by atoms with van der Waals surface area (Å²) in [6.07, 6.45) is 2.77. The number of carbonyl (C=O) groups excluding carboxylic acids is 1. The Hall–Kier alpha value is -3.00. The second kappa shape index (κ2) is 7.05. The molecule has 156 valence electrons. The molecule has 2 aliphatic heterocycles. The number of rotatable bonds is 4. The van der Waals surface area contributed by atoms with Crippen molar-refractivity contribution in [3.8, 4) is 11.5 Å². The van der Waals surface area contributed by atoms with Crippen LogP contribution >= 0.6 is 0 Å². The van der Waals surface area contributed by atoms with Crippen LogP contribution in [0.5, 0.6) is 0 Å². The van der Waals surface area contributed by atoms with E-state index >= 15 is 0 Å². The number of likely N-dealkylation sites (tertiary alicyclic amines) is 2. The Morgan fingerprint density at radius 3 is 2.67 bits per heavy atom. The van der Waals surface area contributed by atoms with Crippen molar-refractivity contribution in [3.63, 3.8) is 0 Å². The molecule has 2 aromatic heterocycles. The van der Waals surface area contributed by atoms with E-state index in [0.29, 0.717) is 17.3 Å². The molecule has 3 aromatic rings. The number of nitrogens with zero attached hydrogens (tertiary/aromatic N) is 6. The number of carbonyl (C=O) groups is 1. The first-order valence-corrected chi connectivity index (χ1v) is 10.4. The first-order chi connectivity index (χ1) is 14.5. The Balaban J connectivity index is 1.27. The molecule has 1 unspecified atom stereocenters. The Morgan fingerprint density at radius 1 is 1.20 bits per heavy atom. The monoisotopic (exact) mass is 406 g/mol. The van der Waals surface area contributed by atoms with Gasteiger partial charge in [-0.1, -0.05) is 18.2 Å². The smallest absolute Gasteiger partial charge is 0.257 e. The maximum Gasteiger partial charge on any atom is 0.257 e. The van der Waals surface area contributed by atoms with Crippen molar-refractivity contribution in [1.29, 1.82) is 0 Å². The van der Waals surface area contributed by atoms with Crippen molar-refractivity contribution < 1.29 is 9.21 Å². The summed E-state index contributed by atoms with van der Waals surface area (Å²) in [7, 11) is 2.09. The molecule has 8 nitrogen and oxygen atoms in total. The van der Waals surface area contributed by atoms with Gasteiger partial charge in [-0.05, 0) is 39.4 Å². The number of benzene rings is 1. The number of aromatic nitrogens is 4. The summed E-state index contributed by atoms with van der Waals surface area (Å²) in [5.41, 5.74) is 2.52. The third-order valence-electron chi connectivity index (χ3n) is 6.33. The van der Waals surface area contributed by atoms with E-state index in [1.807, 2.05) is 60.0 Å². The minimum Gasteiger partial charge on any atom is -0.419 e. The molecule has 5 rings (SSSR count). The summed E-state index contributed by atoms with van der Waals surface area (Å²) in [6, 6.07) is 9.90.